The third-order valence-corrected chi connectivity index (χ3v) is 2.88. The Bertz CT molecular complexity index is 361. The Morgan fingerprint density at radius 3 is 2.05 bits per heavy atom. The van der Waals surface area contributed by atoms with E-state index in [1.165, 1.54) is 0 Å². The van der Waals surface area contributed by atoms with Crippen LogP contribution in [0.25, 0.3) is 0 Å². The van der Waals surface area contributed by atoms with Crippen molar-refractivity contribution in [2.75, 3.05) is 13.6 Å². The second-order valence-corrected chi connectivity index (χ2v) is 6.21. The molecule has 0 aliphatic heterocycles. The summed E-state index contributed by atoms with van der Waals surface area (Å²) in [4.78, 5) is 34.8. The van der Waals surface area contributed by atoms with E-state index in [1.807, 2.05) is 20.8 Å². The molecule has 0 saturated carbocycles. The second kappa shape index (κ2) is 9.37. The average Bonchev–Trinajstić information content (AvgIpc) is 2.34. The fourth-order valence-electron chi connectivity index (χ4n) is 1.72. The van der Waals surface area contributed by atoms with E-state index in [-0.39, 0.29) is 12.5 Å². The average molecular weight is 300 g/mol. The molecule has 0 aromatic carbocycles. The monoisotopic (exact) mass is 300 g/mol. The maximum absolute atomic E-state index is 11.7. The van der Waals surface area contributed by atoms with Gasteiger partial charge in [0.25, 0.3) is 5.91 Å². The molecule has 0 rings (SSSR count). The van der Waals surface area contributed by atoms with Crippen LogP contribution >= 0.6 is 0 Å². The molecule has 0 radical (unpaired) electrons. The molecule has 0 aliphatic carbocycles. The third kappa shape index (κ3) is 10.8. The van der Waals surface area contributed by atoms with Gasteiger partial charge in [-0.15, -0.1) is 0 Å². The molecule has 6 heteroatoms. The first-order valence-corrected chi connectivity index (χ1v) is 7.40. The number of carbonyl (C=O) groups excluding carboxylic acids is 3. The lowest BCUT2D eigenvalue weighted by molar-refractivity contribution is -0.136. The van der Waals surface area contributed by atoms with E-state index in [9.17, 15) is 14.4 Å². The molecule has 0 aliphatic rings. The lowest BCUT2D eigenvalue weighted by Gasteiger charge is -2.24. The number of rotatable bonds is 9. The van der Waals surface area contributed by atoms with Crippen LogP contribution in [0.5, 0.6) is 0 Å². The Hall–Kier alpha value is -1.59. The molecule has 21 heavy (non-hydrogen) atoms. The van der Waals surface area contributed by atoms with Crippen LogP contribution in [-0.2, 0) is 14.3 Å². The fraction of sp³-hybridized carbons (Fsp3) is 0.800. The first-order chi connectivity index (χ1) is 9.63. The summed E-state index contributed by atoms with van der Waals surface area (Å²) in [6, 6.07) is 0. The number of hydrogen-bond acceptors (Lipinski definition) is 4. The van der Waals surface area contributed by atoms with Crippen molar-refractivity contribution in [3.63, 3.8) is 0 Å². The predicted molar refractivity (Wildman–Crippen MR) is 80.8 cm³/mol. The van der Waals surface area contributed by atoms with Crippen molar-refractivity contribution < 1.29 is 19.1 Å². The van der Waals surface area contributed by atoms with Crippen molar-refractivity contribution in [1.82, 2.24) is 4.90 Å². The lowest BCUT2D eigenvalue weighted by Crippen LogP contribution is -2.34. The minimum Gasteiger partial charge on any atom is -0.444 e. The molecule has 0 saturated heterocycles. The Labute approximate surface area is 127 Å². The van der Waals surface area contributed by atoms with Crippen LogP contribution in [0.1, 0.15) is 59.3 Å². The van der Waals surface area contributed by atoms with Gasteiger partial charge in [-0.2, -0.15) is 0 Å². The molecule has 0 heterocycles. The first-order valence-electron chi connectivity index (χ1n) is 7.40. The smallest absolute Gasteiger partial charge is 0.410 e. The van der Waals surface area contributed by atoms with Crippen molar-refractivity contribution >= 4 is 17.8 Å². The van der Waals surface area contributed by atoms with E-state index in [0.29, 0.717) is 13.0 Å². The van der Waals surface area contributed by atoms with Gasteiger partial charge in [-0.1, -0.05) is 19.3 Å². The fourth-order valence-corrected chi connectivity index (χ4v) is 1.72. The molecule has 0 unspecified atom stereocenters. The van der Waals surface area contributed by atoms with E-state index >= 15 is 0 Å². The largest absolute Gasteiger partial charge is 0.444 e. The molecular formula is C15H28N2O4. The van der Waals surface area contributed by atoms with Crippen LogP contribution in [0.4, 0.5) is 4.79 Å². The van der Waals surface area contributed by atoms with Gasteiger partial charge < -0.3 is 15.4 Å². The summed E-state index contributed by atoms with van der Waals surface area (Å²) in [5.41, 5.74) is 4.39. The molecule has 122 valence electrons. The number of ketones is 1. The van der Waals surface area contributed by atoms with Crippen molar-refractivity contribution in [3.8, 4) is 0 Å². The van der Waals surface area contributed by atoms with Gasteiger partial charge in [0.1, 0.15) is 5.60 Å². The number of primary amides is 1. The van der Waals surface area contributed by atoms with Crippen molar-refractivity contribution in [2.24, 2.45) is 5.73 Å². The van der Waals surface area contributed by atoms with Crippen molar-refractivity contribution in [1.29, 1.82) is 0 Å². The number of unbranched alkanes of at least 4 members (excludes halogenated alkanes) is 4. The van der Waals surface area contributed by atoms with Crippen LogP contribution in [-0.4, -0.2) is 41.9 Å². The summed E-state index contributed by atoms with van der Waals surface area (Å²) in [7, 11) is 1.72. The highest BCUT2D eigenvalue weighted by Gasteiger charge is 2.18. The standard InChI is InChI=1S/C15H28N2O4/c1-15(2,3)21-14(20)17(4)11-9-7-5-6-8-10-12(18)13(16)19/h5-11H2,1-4H3,(H2,16,19). The third-order valence-electron chi connectivity index (χ3n) is 2.88. The molecule has 0 aromatic heterocycles. The number of nitrogens with zero attached hydrogens (tertiary/aromatic N) is 1. The maximum Gasteiger partial charge on any atom is 0.410 e. The highest BCUT2D eigenvalue weighted by molar-refractivity contribution is 6.35. The maximum atomic E-state index is 11.7. The lowest BCUT2D eigenvalue weighted by atomic mass is 10.1. The molecular weight excluding hydrogens is 272 g/mol. The SMILES string of the molecule is CN(CCCCCCCC(=O)C(N)=O)C(=O)OC(C)(C)C. The summed E-state index contributed by atoms with van der Waals surface area (Å²) in [6.45, 7) is 6.17. The van der Waals surface area contributed by atoms with Crippen LogP contribution in [0, 0.1) is 0 Å². The van der Waals surface area contributed by atoms with E-state index < -0.39 is 17.3 Å². The number of hydrogen-bond donors (Lipinski definition) is 1. The quantitative estimate of drug-likeness (QED) is 0.522. The highest BCUT2D eigenvalue weighted by Crippen LogP contribution is 2.10. The Morgan fingerprint density at radius 2 is 1.52 bits per heavy atom. The Morgan fingerprint density at radius 1 is 1.00 bits per heavy atom. The summed E-state index contributed by atoms with van der Waals surface area (Å²) < 4.78 is 5.25. The first kappa shape index (κ1) is 19.4. The molecule has 0 fully saturated rings. The summed E-state index contributed by atoms with van der Waals surface area (Å²) in [5.74, 6) is -1.35. The van der Waals surface area contributed by atoms with E-state index in [1.54, 1.807) is 11.9 Å². The van der Waals surface area contributed by atoms with Gasteiger partial charge in [0.15, 0.2) is 0 Å². The molecule has 0 spiro atoms. The summed E-state index contributed by atoms with van der Waals surface area (Å²) >= 11 is 0. The van der Waals surface area contributed by atoms with E-state index in [2.05, 4.69) is 0 Å². The number of ether oxygens (including phenoxy) is 1. The topological polar surface area (TPSA) is 89.7 Å². The zero-order valence-corrected chi connectivity index (χ0v) is 13.6. The molecule has 2 amide bonds. The van der Waals surface area contributed by atoms with Gasteiger partial charge in [-0.25, -0.2) is 4.79 Å². The van der Waals surface area contributed by atoms with Crippen LogP contribution in [0.3, 0.4) is 0 Å². The Kier molecular flexibility index (Phi) is 8.66. The van der Waals surface area contributed by atoms with Crippen LogP contribution in [0.15, 0.2) is 0 Å². The van der Waals surface area contributed by atoms with E-state index in [4.69, 9.17) is 10.5 Å². The zero-order valence-electron chi connectivity index (χ0n) is 13.6. The second-order valence-electron chi connectivity index (χ2n) is 6.21. The number of Topliss-reactive ketones (excluding diaryl/α,β-unsaturated/α-hetero) is 1. The van der Waals surface area contributed by atoms with Crippen molar-refractivity contribution in [2.45, 2.75) is 64.9 Å². The molecule has 0 atom stereocenters. The van der Waals surface area contributed by atoms with Crippen LogP contribution in [0.2, 0.25) is 0 Å². The number of carbonyl (C=O) groups is 3. The minimum atomic E-state index is -0.853. The number of amides is 2. The van der Waals surface area contributed by atoms with Gasteiger partial charge in [-0.05, 0) is 33.6 Å². The molecule has 2 N–H and O–H groups in total. The van der Waals surface area contributed by atoms with Gasteiger partial charge in [0, 0.05) is 20.0 Å². The van der Waals surface area contributed by atoms with E-state index in [0.717, 1.165) is 25.7 Å². The molecule has 0 bridgehead atoms. The van der Waals surface area contributed by atoms with Gasteiger partial charge in [0.2, 0.25) is 5.78 Å². The van der Waals surface area contributed by atoms with Gasteiger partial charge in [0.05, 0.1) is 0 Å². The highest BCUT2D eigenvalue weighted by atomic mass is 16.6. The van der Waals surface area contributed by atoms with Crippen LogP contribution < -0.4 is 5.73 Å². The Balaban J connectivity index is 3.61. The zero-order chi connectivity index (χ0) is 16.5. The van der Waals surface area contributed by atoms with Gasteiger partial charge >= 0.3 is 6.09 Å². The van der Waals surface area contributed by atoms with Crippen molar-refractivity contribution in [3.05, 3.63) is 0 Å². The van der Waals surface area contributed by atoms with Gasteiger partial charge in [-0.3, -0.25) is 9.59 Å². The molecule has 6 nitrogen and oxygen atoms in total. The summed E-state index contributed by atoms with van der Waals surface area (Å²) in [5, 5.41) is 0. The summed E-state index contributed by atoms with van der Waals surface area (Å²) in [6.07, 6.45) is 4.31. The number of nitrogens with two attached hydrogens (primary N) is 1. The minimum absolute atomic E-state index is 0.229. The normalized spacial score (nSPS) is 11.0. The predicted octanol–water partition coefficient (Wildman–Crippen LogP) is 2.25. The molecule has 0 aromatic rings.